The van der Waals surface area contributed by atoms with Crippen LogP contribution in [0.3, 0.4) is 0 Å². The number of hydrogen-bond acceptors (Lipinski definition) is 3. The van der Waals surface area contributed by atoms with Crippen LogP contribution in [0.4, 0.5) is 0 Å². The Morgan fingerprint density at radius 2 is 1.67 bits per heavy atom. The SMILES string of the molecule is Cc1ccc(/C=C(\NC(=O)c2ccc(C)cc2)C(=O)NCCCn2ccnc2)cc1. The van der Waals surface area contributed by atoms with Crippen molar-refractivity contribution in [1.29, 1.82) is 0 Å². The zero-order valence-electron chi connectivity index (χ0n) is 17.3. The van der Waals surface area contributed by atoms with Gasteiger partial charge in [-0.2, -0.15) is 0 Å². The van der Waals surface area contributed by atoms with E-state index < -0.39 is 0 Å². The van der Waals surface area contributed by atoms with Crippen molar-refractivity contribution in [3.63, 3.8) is 0 Å². The fourth-order valence-corrected chi connectivity index (χ4v) is 2.86. The minimum absolute atomic E-state index is 0.215. The van der Waals surface area contributed by atoms with E-state index in [1.165, 1.54) is 0 Å². The Labute approximate surface area is 176 Å². The lowest BCUT2D eigenvalue weighted by molar-refractivity contribution is -0.117. The molecule has 2 amide bonds. The second-order valence-electron chi connectivity index (χ2n) is 7.20. The van der Waals surface area contributed by atoms with Crippen molar-refractivity contribution in [1.82, 2.24) is 20.2 Å². The molecule has 6 heteroatoms. The highest BCUT2D eigenvalue weighted by atomic mass is 16.2. The quantitative estimate of drug-likeness (QED) is 0.447. The van der Waals surface area contributed by atoms with Gasteiger partial charge in [-0.15, -0.1) is 0 Å². The Morgan fingerprint density at radius 3 is 2.30 bits per heavy atom. The van der Waals surface area contributed by atoms with Gasteiger partial charge in [0.15, 0.2) is 0 Å². The normalized spacial score (nSPS) is 11.2. The Morgan fingerprint density at radius 1 is 1.00 bits per heavy atom. The maximum atomic E-state index is 12.8. The number of nitrogens with one attached hydrogen (secondary N) is 2. The maximum absolute atomic E-state index is 12.8. The highest BCUT2D eigenvalue weighted by Gasteiger charge is 2.14. The van der Waals surface area contributed by atoms with Gasteiger partial charge in [0.1, 0.15) is 5.70 Å². The van der Waals surface area contributed by atoms with Gasteiger partial charge in [-0.3, -0.25) is 9.59 Å². The number of nitrogens with zero attached hydrogens (tertiary/aromatic N) is 2. The molecule has 1 aromatic heterocycles. The van der Waals surface area contributed by atoms with Crippen molar-refractivity contribution in [3.8, 4) is 0 Å². The summed E-state index contributed by atoms with van der Waals surface area (Å²) in [6, 6.07) is 15.0. The third kappa shape index (κ3) is 6.17. The van der Waals surface area contributed by atoms with Gasteiger partial charge in [0.05, 0.1) is 6.33 Å². The van der Waals surface area contributed by atoms with Crippen LogP contribution in [0.1, 0.15) is 33.5 Å². The number of amides is 2. The van der Waals surface area contributed by atoms with Gasteiger partial charge in [0.25, 0.3) is 11.8 Å². The lowest BCUT2D eigenvalue weighted by Gasteiger charge is -2.12. The van der Waals surface area contributed by atoms with Crippen molar-refractivity contribution >= 4 is 17.9 Å². The first-order valence-electron chi connectivity index (χ1n) is 9.91. The van der Waals surface area contributed by atoms with Crippen LogP contribution in [0.15, 0.2) is 72.9 Å². The lowest BCUT2D eigenvalue weighted by atomic mass is 10.1. The predicted octanol–water partition coefficient (Wildman–Crippen LogP) is 3.48. The second kappa shape index (κ2) is 10.2. The zero-order chi connectivity index (χ0) is 21.3. The van der Waals surface area contributed by atoms with E-state index in [4.69, 9.17) is 0 Å². The van der Waals surface area contributed by atoms with Crippen LogP contribution in [0.25, 0.3) is 6.08 Å². The first-order chi connectivity index (χ1) is 14.5. The number of aryl methyl sites for hydroxylation is 3. The Bertz CT molecular complexity index is 1000. The molecule has 0 saturated heterocycles. The van der Waals surface area contributed by atoms with Crippen LogP contribution in [0.5, 0.6) is 0 Å². The molecular weight excluding hydrogens is 376 g/mol. The molecule has 0 atom stereocenters. The molecule has 0 saturated carbocycles. The summed E-state index contributed by atoms with van der Waals surface area (Å²) in [5.41, 5.74) is 3.75. The Balaban J connectivity index is 1.69. The summed E-state index contributed by atoms with van der Waals surface area (Å²) in [6.45, 7) is 5.21. The molecule has 0 aliphatic rings. The van der Waals surface area contributed by atoms with Crippen molar-refractivity contribution in [2.24, 2.45) is 0 Å². The molecule has 154 valence electrons. The molecule has 0 bridgehead atoms. The van der Waals surface area contributed by atoms with Crippen molar-refractivity contribution in [3.05, 3.63) is 95.2 Å². The molecule has 6 nitrogen and oxygen atoms in total. The number of carbonyl (C=O) groups excluding carboxylic acids is 2. The topological polar surface area (TPSA) is 76.0 Å². The summed E-state index contributed by atoms with van der Waals surface area (Å²) in [4.78, 5) is 29.4. The van der Waals surface area contributed by atoms with Gasteiger partial charge in [-0.25, -0.2) is 4.98 Å². The molecule has 0 unspecified atom stereocenters. The lowest BCUT2D eigenvalue weighted by Crippen LogP contribution is -2.35. The predicted molar refractivity (Wildman–Crippen MR) is 118 cm³/mol. The van der Waals surface area contributed by atoms with Crippen LogP contribution < -0.4 is 10.6 Å². The van der Waals surface area contributed by atoms with E-state index >= 15 is 0 Å². The van der Waals surface area contributed by atoms with Gasteiger partial charge in [-0.1, -0.05) is 47.5 Å². The Hall–Kier alpha value is -3.67. The first-order valence-corrected chi connectivity index (χ1v) is 9.91. The van der Waals surface area contributed by atoms with Gasteiger partial charge in [0.2, 0.25) is 0 Å². The number of carbonyl (C=O) groups is 2. The largest absolute Gasteiger partial charge is 0.351 e. The van der Waals surface area contributed by atoms with Gasteiger partial charge in [0, 0.05) is 31.0 Å². The molecular formula is C24H26N4O2. The van der Waals surface area contributed by atoms with E-state index in [0.29, 0.717) is 12.1 Å². The standard InChI is InChI=1S/C24H26N4O2/c1-18-4-8-20(9-5-18)16-22(27-23(29)21-10-6-19(2)7-11-21)24(30)26-12-3-14-28-15-13-25-17-28/h4-11,13,15-17H,3,12,14H2,1-2H3,(H,26,30)(H,27,29)/b22-16-. The summed E-state index contributed by atoms with van der Waals surface area (Å²) in [5, 5.41) is 5.65. The monoisotopic (exact) mass is 402 g/mol. The third-order valence-electron chi connectivity index (χ3n) is 4.63. The summed E-state index contributed by atoms with van der Waals surface area (Å²) in [7, 11) is 0. The highest BCUT2D eigenvalue weighted by Crippen LogP contribution is 2.10. The number of aromatic nitrogens is 2. The molecule has 2 aromatic carbocycles. The molecule has 2 N–H and O–H groups in total. The van der Waals surface area contributed by atoms with E-state index in [1.807, 2.05) is 61.0 Å². The van der Waals surface area contributed by atoms with Crippen molar-refractivity contribution < 1.29 is 9.59 Å². The molecule has 0 fully saturated rings. The van der Waals surface area contributed by atoms with Gasteiger partial charge < -0.3 is 15.2 Å². The van der Waals surface area contributed by atoms with Gasteiger partial charge >= 0.3 is 0 Å². The number of imidazole rings is 1. The van der Waals surface area contributed by atoms with Crippen molar-refractivity contribution in [2.75, 3.05) is 6.54 Å². The van der Waals surface area contributed by atoms with Crippen LogP contribution in [0, 0.1) is 13.8 Å². The van der Waals surface area contributed by atoms with Crippen LogP contribution >= 0.6 is 0 Å². The van der Waals surface area contributed by atoms with E-state index in [1.54, 1.807) is 30.7 Å². The fraction of sp³-hybridized carbons (Fsp3) is 0.208. The first kappa shape index (κ1) is 21.0. The average molecular weight is 402 g/mol. The number of hydrogen-bond donors (Lipinski definition) is 2. The Kier molecular flexibility index (Phi) is 7.16. The minimum atomic E-state index is -0.318. The van der Waals surface area contributed by atoms with Crippen LogP contribution in [-0.4, -0.2) is 27.9 Å². The van der Waals surface area contributed by atoms with E-state index in [9.17, 15) is 9.59 Å². The highest BCUT2D eigenvalue weighted by molar-refractivity contribution is 6.05. The molecule has 0 aliphatic carbocycles. The van der Waals surface area contributed by atoms with E-state index in [2.05, 4.69) is 15.6 Å². The van der Waals surface area contributed by atoms with E-state index in [-0.39, 0.29) is 17.5 Å². The number of benzene rings is 2. The van der Waals surface area contributed by atoms with Gasteiger partial charge in [-0.05, 0) is 44.0 Å². The minimum Gasteiger partial charge on any atom is -0.351 e. The van der Waals surface area contributed by atoms with Crippen LogP contribution in [0.2, 0.25) is 0 Å². The summed E-state index contributed by atoms with van der Waals surface area (Å²) >= 11 is 0. The van der Waals surface area contributed by atoms with Crippen LogP contribution in [-0.2, 0) is 11.3 Å². The maximum Gasteiger partial charge on any atom is 0.267 e. The zero-order valence-corrected chi connectivity index (χ0v) is 17.3. The fourth-order valence-electron chi connectivity index (χ4n) is 2.86. The molecule has 0 spiro atoms. The average Bonchev–Trinajstić information content (AvgIpc) is 3.26. The third-order valence-corrected chi connectivity index (χ3v) is 4.63. The molecule has 0 radical (unpaired) electrons. The summed E-state index contributed by atoms with van der Waals surface area (Å²) in [6.07, 6.45) is 7.79. The number of rotatable bonds is 8. The summed E-state index contributed by atoms with van der Waals surface area (Å²) in [5.74, 6) is -0.636. The molecule has 3 rings (SSSR count). The second-order valence-corrected chi connectivity index (χ2v) is 7.20. The molecule has 0 aliphatic heterocycles. The smallest absolute Gasteiger partial charge is 0.267 e. The molecule has 1 heterocycles. The van der Waals surface area contributed by atoms with E-state index in [0.717, 1.165) is 29.7 Å². The molecule has 3 aromatic rings. The summed E-state index contributed by atoms with van der Waals surface area (Å²) < 4.78 is 1.95. The molecule has 30 heavy (non-hydrogen) atoms. The van der Waals surface area contributed by atoms with Crippen molar-refractivity contribution in [2.45, 2.75) is 26.8 Å².